The van der Waals surface area contributed by atoms with Gasteiger partial charge in [0, 0.05) is 62.6 Å². The zero-order valence-electron chi connectivity index (χ0n) is 57.0. The third-order valence-electron chi connectivity index (χ3n) is 20.1. The molecular weight excluding hydrogens is 1130 g/mol. The van der Waals surface area contributed by atoms with Crippen molar-refractivity contribution in [1.82, 2.24) is 9.55 Å². The number of nitrogens with zero attached hydrogens (tertiary/aromatic N) is 4. The number of aromatic nitrogens is 2. The maximum atomic E-state index is 8.21. The SMILES string of the molecule is CC(C)(C)Cc1ccccc1-c1cccc(-c2cc(C(C)(C)C)cc(C(C)(C)C)c2)c1N1CN(c2ccc(C(C)(C)C)c(Oc3cc4c(c5c3C3(c6ccccc6-c6ccccc63)c3ccccc3-5)c3ccccc3n4-c3cc(C(C)(C)C)ccn3)c2)c2ccccc21. The minimum Gasteiger partial charge on any atom is -0.457 e. The molecule has 93 heavy (non-hydrogen) atoms. The van der Waals surface area contributed by atoms with Gasteiger partial charge >= 0.3 is 0 Å². The summed E-state index contributed by atoms with van der Waals surface area (Å²) in [5.41, 5.74) is 26.7. The van der Waals surface area contributed by atoms with Gasteiger partial charge < -0.3 is 14.5 Å². The monoisotopic (exact) mass is 1210 g/mol. The van der Waals surface area contributed by atoms with E-state index in [0.717, 1.165) is 63.0 Å². The third-order valence-corrected chi connectivity index (χ3v) is 20.1. The van der Waals surface area contributed by atoms with Gasteiger partial charge in [0.15, 0.2) is 0 Å². The van der Waals surface area contributed by atoms with E-state index in [1.54, 1.807) is 0 Å². The van der Waals surface area contributed by atoms with Crippen LogP contribution in [0.3, 0.4) is 0 Å². The van der Waals surface area contributed by atoms with Gasteiger partial charge in [-0.2, -0.15) is 0 Å². The number of benzene rings is 10. The van der Waals surface area contributed by atoms with Gasteiger partial charge in [-0.3, -0.25) is 4.57 Å². The summed E-state index contributed by atoms with van der Waals surface area (Å²) in [4.78, 5) is 10.3. The zero-order valence-corrected chi connectivity index (χ0v) is 57.0. The summed E-state index contributed by atoms with van der Waals surface area (Å²) < 4.78 is 10.6. The Kier molecular flexibility index (Phi) is 13.7. The second-order valence-electron chi connectivity index (χ2n) is 31.8. The number of fused-ring (bicyclic) bond motifs is 15. The average Bonchev–Trinajstić information content (AvgIpc) is 1.49. The molecule has 5 heteroatoms. The van der Waals surface area contributed by atoms with Crippen molar-refractivity contribution in [2.24, 2.45) is 5.41 Å². The molecule has 3 aliphatic rings. The molecule has 0 amide bonds. The van der Waals surface area contributed by atoms with E-state index in [-0.39, 0.29) is 27.1 Å². The Morgan fingerprint density at radius 3 is 1.61 bits per heavy atom. The van der Waals surface area contributed by atoms with Gasteiger partial charge in [0.05, 0.1) is 33.5 Å². The molecule has 2 aromatic heterocycles. The normalized spacial score (nSPS) is 14.2. The Balaban J connectivity index is 0.974. The van der Waals surface area contributed by atoms with Crippen LogP contribution in [0, 0.1) is 5.41 Å². The van der Waals surface area contributed by atoms with E-state index >= 15 is 0 Å². The van der Waals surface area contributed by atoms with E-state index in [9.17, 15) is 0 Å². The van der Waals surface area contributed by atoms with Gasteiger partial charge in [-0.15, -0.1) is 0 Å². The Bertz CT molecular complexity index is 4920. The quantitative estimate of drug-likeness (QED) is 0.152. The second kappa shape index (κ2) is 21.3. The lowest BCUT2D eigenvalue weighted by Crippen LogP contribution is -2.26. The fourth-order valence-electron chi connectivity index (χ4n) is 15.6. The molecule has 0 N–H and O–H groups in total. The number of hydrogen-bond acceptors (Lipinski definition) is 4. The molecule has 0 fully saturated rings. The van der Waals surface area contributed by atoms with Crippen molar-refractivity contribution in [1.29, 1.82) is 0 Å². The Hall–Kier alpha value is -9.45. The van der Waals surface area contributed by atoms with Crippen LogP contribution in [-0.2, 0) is 33.5 Å². The maximum Gasteiger partial charge on any atom is 0.137 e. The molecule has 1 spiro atoms. The molecular formula is C88H86N4O. The lowest BCUT2D eigenvalue weighted by molar-refractivity contribution is 0.411. The molecule has 5 nitrogen and oxygen atoms in total. The summed E-state index contributed by atoms with van der Waals surface area (Å²) in [5.74, 6) is 2.53. The lowest BCUT2D eigenvalue weighted by atomic mass is 9.70. The largest absolute Gasteiger partial charge is 0.457 e. The van der Waals surface area contributed by atoms with E-state index in [0.29, 0.717) is 6.67 Å². The van der Waals surface area contributed by atoms with E-state index in [2.05, 4.69) is 337 Å². The van der Waals surface area contributed by atoms with E-state index in [4.69, 9.17) is 9.72 Å². The lowest BCUT2D eigenvalue weighted by Gasteiger charge is -2.33. The van der Waals surface area contributed by atoms with E-state index in [1.165, 1.54) is 99.9 Å². The molecule has 0 saturated carbocycles. The molecule has 15 rings (SSSR count). The number of ether oxygens (including phenoxy) is 1. The zero-order chi connectivity index (χ0) is 64.9. The van der Waals surface area contributed by atoms with Crippen molar-refractivity contribution in [2.45, 2.75) is 137 Å². The predicted molar refractivity (Wildman–Crippen MR) is 392 cm³/mol. The van der Waals surface area contributed by atoms with Crippen LogP contribution in [0.25, 0.3) is 72.1 Å². The molecule has 2 aliphatic carbocycles. The third kappa shape index (κ3) is 9.74. The Labute approximate surface area is 551 Å². The van der Waals surface area contributed by atoms with E-state index < -0.39 is 5.41 Å². The number of anilines is 4. The number of pyridine rings is 1. The highest BCUT2D eigenvalue weighted by Gasteiger charge is 2.54. The second-order valence-corrected chi connectivity index (χ2v) is 31.8. The summed E-state index contributed by atoms with van der Waals surface area (Å²) in [7, 11) is 0. The summed E-state index contributed by atoms with van der Waals surface area (Å²) in [6.07, 6.45) is 2.92. The Morgan fingerprint density at radius 2 is 0.978 bits per heavy atom. The van der Waals surface area contributed by atoms with Crippen LogP contribution < -0.4 is 14.5 Å². The summed E-state index contributed by atoms with van der Waals surface area (Å²) in [6.45, 7) is 35.5. The topological polar surface area (TPSA) is 33.5 Å². The summed E-state index contributed by atoms with van der Waals surface area (Å²) in [5, 5.41) is 2.37. The average molecular weight is 1220 g/mol. The van der Waals surface area contributed by atoms with Crippen LogP contribution in [0.4, 0.5) is 22.7 Å². The fraction of sp³-hybridized carbons (Fsp3) is 0.261. The number of para-hydroxylation sites is 4. The Morgan fingerprint density at radius 1 is 0.430 bits per heavy atom. The first-order valence-electron chi connectivity index (χ1n) is 33.5. The maximum absolute atomic E-state index is 8.21. The van der Waals surface area contributed by atoms with Crippen molar-refractivity contribution in [3.05, 3.63) is 275 Å². The standard InChI is InChI=1S/C88H86N4O/c1-83(2,3)53-55-29-16-17-30-61(55)65-36-28-35-62(56-47-58(85(7,8)9)49-59(48-56)86(10,11)12)82(65)91-54-90(73-41-26-27-42-74(73)91)60-43-44-71(87(13,14)15)76(51-60)93-77-52-75-79(67-34-21-25-40-72(67)92(75)78-50-57(45-46-89-78)84(4,5)6)80-66-33-20-24-39-70(66)88(81(77)80)68-37-22-18-31-63(68)64-32-19-23-38-69(64)88/h16-52H,53-54H2,1-15H3. The van der Waals surface area contributed by atoms with Crippen molar-refractivity contribution in [2.75, 3.05) is 16.5 Å². The van der Waals surface area contributed by atoms with Gasteiger partial charge in [0.2, 0.25) is 0 Å². The van der Waals surface area contributed by atoms with Gasteiger partial charge in [-0.05, 0) is 137 Å². The number of rotatable bonds is 8. The van der Waals surface area contributed by atoms with Crippen molar-refractivity contribution in [3.63, 3.8) is 0 Å². The summed E-state index contributed by atoms with van der Waals surface area (Å²) >= 11 is 0. The minimum atomic E-state index is -0.708. The fourth-order valence-corrected chi connectivity index (χ4v) is 15.6. The first-order chi connectivity index (χ1) is 44.3. The highest BCUT2D eigenvalue weighted by atomic mass is 16.5. The van der Waals surface area contributed by atoms with Crippen LogP contribution in [-0.4, -0.2) is 16.2 Å². The number of hydrogen-bond donors (Lipinski definition) is 0. The van der Waals surface area contributed by atoms with E-state index in [1.807, 2.05) is 6.20 Å². The van der Waals surface area contributed by atoms with Gasteiger partial charge in [-0.1, -0.05) is 274 Å². The molecule has 464 valence electrons. The van der Waals surface area contributed by atoms with Gasteiger partial charge in [0.1, 0.15) is 24.0 Å². The smallest absolute Gasteiger partial charge is 0.137 e. The molecule has 3 heterocycles. The van der Waals surface area contributed by atoms with Crippen molar-refractivity contribution < 1.29 is 4.74 Å². The van der Waals surface area contributed by atoms with Crippen LogP contribution in [0.2, 0.25) is 0 Å². The van der Waals surface area contributed by atoms with Crippen LogP contribution in [0.15, 0.2) is 225 Å². The van der Waals surface area contributed by atoms with Gasteiger partial charge in [0.25, 0.3) is 0 Å². The molecule has 1 aliphatic heterocycles. The molecule has 0 bridgehead atoms. The summed E-state index contributed by atoms with van der Waals surface area (Å²) in [6, 6.07) is 82.7. The minimum absolute atomic E-state index is 0.0702. The van der Waals surface area contributed by atoms with Crippen LogP contribution in [0.1, 0.15) is 154 Å². The first-order valence-corrected chi connectivity index (χ1v) is 33.5. The van der Waals surface area contributed by atoms with Gasteiger partial charge in [-0.25, -0.2) is 4.98 Å². The molecule has 0 saturated heterocycles. The van der Waals surface area contributed by atoms with Crippen LogP contribution in [0.5, 0.6) is 11.5 Å². The molecule has 12 aromatic rings. The van der Waals surface area contributed by atoms with Crippen molar-refractivity contribution in [3.8, 4) is 61.8 Å². The highest BCUT2D eigenvalue weighted by molar-refractivity contribution is 6.20. The molecule has 10 aromatic carbocycles. The molecule has 0 radical (unpaired) electrons. The molecule has 0 unspecified atom stereocenters. The predicted octanol–water partition coefficient (Wildman–Crippen LogP) is 23.7. The van der Waals surface area contributed by atoms with Crippen LogP contribution >= 0.6 is 0 Å². The highest BCUT2D eigenvalue weighted by Crippen LogP contribution is 2.67. The first kappa shape index (κ1) is 59.8. The van der Waals surface area contributed by atoms with Crippen molar-refractivity contribution >= 4 is 44.6 Å². The molecule has 0 atom stereocenters.